The van der Waals surface area contributed by atoms with Crippen LogP contribution >= 0.6 is 0 Å². The molecule has 0 aliphatic rings. The normalized spacial score (nSPS) is 13.7. The van der Waals surface area contributed by atoms with Crippen molar-refractivity contribution >= 4 is 24.8 Å². The molecular weight excluding hydrogens is 324 g/mol. The van der Waals surface area contributed by atoms with Gasteiger partial charge in [0.25, 0.3) is 10.1 Å². The molecule has 5 heteroatoms. The van der Waals surface area contributed by atoms with Crippen LogP contribution in [0.5, 0.6) is 0 Å². The van der Waals surface area contributed by atoms with Gasteiger partial charge in [-0.2, -0.15) is 8.42 Å². The predicted molar refractivity (Wildman–Crippen MR) is 99.5 cm³/mol. The van der Waals surface area contributed by atoms with Crippen molar-refractivity contribution in [1.82, 2.24) is 0 Å². The zero-order valence-corrected chi connectivity index (χ0v) is 17.0. The van der Waals surface area contributed by atoms with Gasteiger partial charge in [0.05, 0.1) is 14.9 Å². The standard InChI is InChI=1S/C18H28O3SSi/c1-17(2,3)14-11-10-13(9-8-12-22(19,20)21)16(23-7)15(14)18(4,5)6/h8,10-12H,9H2,1-7H3,(H,19,20,21). The molecule has 0 fully saturated rings. The third kappa shape index (κ3) is 5.59. The molecule has 0 saturated heterocycles. The summed E-state index contributed by atoms with van der Waals surface area (Å²) < 4.78 is 30.6. The first kappa shape index (κ1) is 20.1. The number of hydrogen-bond donors (Lipinski definition) is 1. The van der Waals surface area contributed by atoms with E-state index in [1.165, 1.54) is 22.4 Å². The summed E-state index contributed by atoms with van der Waals surface area (Å²) in [6.07, 6.45) is 2.01. The molecule has 1 rings (SSSR count). The molecule has 0 spiro atoms. The third-order valence-electron chi connectivity index (χ3n) is 3.71. The molecule has 1 N–H and O–H groups in total. The molecule has 0 saturated carbocycles. The van der Waals surface area contributed by atoms with Crippen LogP contribution in [0.15, 0.2) is 23.6 Å². The van der Waals surface area contributed by atoms with E-state index < -0.39 is 10.1 Å². The largest absolute Gasteiger partial charge is 0.287 e. The minimum atomic E-state index is -4.06. The van der Waals surface area contributed by atoms with E-state index in [9.17, 15) is 8.42 Å². The maximum atomic E-state index is 10.9. The van der Waals surface area contributed by atoms with Gasteiger partial charge in [-0.3, -0.25) is 4.55 Å². The van der Waals surface area contributed by atoms with E-state index in [-0.39, 0.29) is 10.8 Å². The zero-order valence-electron chi connectivity index (χ0n) is 15.2. The summed E-state index contributed by atoms with van der Waals surface area (Å²) in [5.41, 5.74) is 3.91. The first-order valence-corrected chi connectivity index (χ1v) is 10.8. The molecule has 0 aromatic heterocycles. The highest BCUT2D eigenvalue weighted by Crippen LogP contribution is 2.33. The Balaban J connectivity index is 3.50. The van der Waals surface area contributed by atoms with Crippen LogP contribution in [-0.4, -0.2) is 22.5 Å². The van der Waals surface area contributed by atoms with Crippen LogP contribution in [0.4, 0.5) is 0 Å². The van der Waals surface area contributed by atoms with Crippen LogP contribution in [0.1, 0.15) is 58.2 Å². The second kappa shape index (κ2) is 6.91. The number of allylic oxidation sites excluding steroid dienone is 1. The second-order valence-corrected chi connectivity index (χ2v) is 10.2. The van der Waals surface area contributed by atoms with E-state index in [1.54, 1.807) is 0 Å². The quantitative estimate of drug-likeness (QED) is 0.665. The average molecular weight is 353 g/mol. The van der Waals surface area contributed by atoms with Gasteiger partial charge in [0.15, 0.2) is 0 Å². The van der Waals surface area contributed by atoms with Gasteiger partial charge in [0.1, 0.15) is 0 Å². The van der Waals surface area contributed by atoms with Crippen LogP contribution in [0.3, 0.4) is 0 Å². The smallest absolute Gasteiger partial charge is 0.282 e. The first-order valence-electron chi connectivity index (χ1n) is 7.76. The highest BCUT2D eigenvalue weighted by molar-refractivity contribution is 7.88. The highest BCUT2D eigenvalue weighted by atomic mass is 32.2. The summed E-state index contributed by atoms with van der Waals surface area (Å²) in [5, 5.41) is 2.18. The summed E-state index contributed by atoms with van der Waals surface area (Å²) >= 11 is 0. The summed E-state index contributed by atoms with van der Waals surface area (Å²) in [6, 6.07) is 4.26. The minimum Gasteiger partial charge on any atom is -0.282 e. The Labute approximate surface area is 143 Å². The lowest BCUT2D eigenvalue weighted by atomic mass is 9.74. The van der Waals surface area contributed by atoms with Crippen molar-refractivity contribution in [3.8, 4) is 0 Å². The predicted octanol–water partition coefficient (Wildman–Crippen LogP) is 3.60. The number of rotatable bonds is 4. The summed E-state index contributed by atoms with van der Waals surface area (Å²) in [7, 11) is -3.43. The summed E-state index contributed by atoms with van der Waals surface area (Å²) in [6.45, 7) is 15.5. The van der Waals surface area contributed by atoms with Gasteiger partial charge >= 0.3 is 0 Å². The maximum absolute atomic E-state index is 10.9. The van der Waals surface area contributed by atoms with Gasteiger partial charge in [0.2, 0.25) is 0 Å². The Morgan fingerprint density at radius 2 is 1.65 bits per heavy atom. The van der Waals surface area contributed by atoms with E-state index in [4.69, 9.17) is 4.55 Å². The Hall–Kier alpha value is -0.913. The van der Waals surface area contributed by atoms with Gasteiger partial charge in [0, 0.05) is 0 Å². The number of hydrogen-bond acceptors (Lipinski definition) is 2. The first-order chi connectivity index (χ1) is 10.3. The van der Waals surface area contributed by atoms with Gasteiger partial charge in [-0.15, -0.1) is 0 Å². The van der Waals surface area contributed by atoms with Crippen molar-refractivity contribution in [2.75, 3.05) is 0 Å². The van der Waals surface area contributed by atoms with E-state index in [1.807, 2.05) is 0 Å². The fraction of sp³-hybridized carbons (Fsp3) is 0.556. The lowest BCUT2D eigenvalue weighted by molar-refractivity contribution is 0.494. The van der Waals surface area contributed by atoms with E-state index in [2.05, 4.69) is 60.2 Å². The van der Waals surface area contributed by atoms with Gasteiger partial charge < -0.3 is 0 Å². The molecule has 0 heterocycles. The Kier molecular flexibility index (Phi) is 6.05. The molecule has 0 unspecified atom stereocenters. The average Bonchev–Trinajstić information content (AvgIpc) is 2.34. The van der Waals surface area contributed by atoms with E-state index >= 15 is 0 Å². The monoisotopic (exact) mass is 352 g/mol. The van der Waals surface area contributed by atoms with Crippen molar-refractivity contribution in [1.29, 1.82) is 0 Å². The lowest BCUT2D eigenvalue weighted by Crippen LogP contribution is -2.34. The fourth-order valence-electron chi connectivity index (χ4n) is 2.80. The molecule has 0 bridgehead atoms. The molecule has 1 aromatic carbocycles. The molecule has 0 atom stereocenters. The van der Waals surface area contributed by atoms with Crippen LogP contribution in [0.2, 0.25) is 6.55 Å². The summed E-state index contributed by atoms with van der Waals surface area (Å²) in [4.78, 5) is 0. The Morgan fingerprint density at radius 1 is 1.09 bits per heavy atom. The third-order valence-corrected chi connectivity index (χ3v) is 5.31. The van der Waals surface area contributed by atoms with Crippen molar-refractivity contribution in [2.45, 2.75) is 65.3 Å². The van der Waals surface area contributed by atoms with Crippen molar-refractivity contribution in [3.05, 3.63) is 40.3 Å². The van der Waals surface area contributed by atoms with Crippen LogP contribution < -0.4 is 5.19 Å². The molecule has 0 aliphatic carbocycles. The zero-order chi connectivity index (χ0) is 18.1. The van der Waals surface area contributed by atoms with Crippen LogP contribution in [-0.2, 0) is 27.4 Å². The van der Waals surface area contributed by atoms with E-state index in [0.717, 1.165) is 11.0 Å². The van der Waals surface area contributed by atoms with E-state index in [0.29, 0.717) is 15.9 Å². The fourth-order valence-corrected chi connectivity index (χ4v) is 4.41. The van der Waals surface area contributed by atoms with Gasteiger partial charge in [-0.1, -0.05) is 71.5 Å². The number of benzene rings is 1. The van der Waals surface area contributed by atoms with Crippen molar-refractivity contribution < 1.29 is 13.0 Å². The molecule has 0 aliphatic heterocycles. The summed E-state index contributed by atoms with van der Waals surface area (Å²) in [5.74, 6) is 0. The molecule has 23 heavy (non-hydrogen) atoms. The highest BCUT2D eigenvalue weighted by Gasteiger charge is 2.28. The lowest BCUT2D eigenvalue weighted by Gasteiger charge is -2.33. The topological polar surface area (TPSA) is 54.4 Å². The van der Waals surface area contributed by atoms with Gasteiger partial charge in [-0.25, -0.2) is 0 Å². The molecular formula is C18H28O3SSi. The van der Waals surface area contributed by atoms with Crippen LogP contribution in [0.25, 0.3) is 0 Å². The molecule has 2 radical (unpaired) electrons. The molecule has 0 amide bonds. The SMILES string of the molecule is C[Si]c1c(CC=CS(=O)(=O)O)ccc(C(C)(C)C)c1C(C)(C)C. The molecule has 1 aromatic rings. The van der Waals surface area contributed by atoms with Crippen LogP contribution in [0, 0.1) is 0 Å². The maximum Gasteiger partial charge on any atom is 0.287 e. The minimum absolute atomic E-state index is 0.0176. The van der Waals surface area contributed by atoms with Crippen molar-refractivity contribution in [3.63, 3.8) is 0 Å². The van der Waals surface area contributed by atoms with Crippen molar-refractivity contribution in [2.24, 2.45) is 0 Å². The molecule has 3 nitrogen and oxygen atoms in total. The molecule has 128 valence electrons. The Morgan fingerprint density at radius 3 is 2.04 bits per heavy atom. The Bertz CT molecular complexity index is 690. The second-order valence-electron chi connectivity index (χ2n) is 7.86. The van der Waals surface area contributed by atoms with Gasteiger partial charge in [-0.05, 0) is 33.9 Å².